The SMILES string of the molecule is CCc1ccc(S(=O)(=O)N2CCC(=O)c3ccccc32)cc1. The van der Waals surface area contributed by atoms with Crippen molar-refractivity contribution in [3.05, 3.63) is 59.7 Å². The number of hydrogen-bond acceptors (Lipinski definition) is 3. The van der Waals surface area contributed by atoms with Gasteiger partial charge in [0.15, 0.2) is 5.78 Å². The minimum absolute atomic E-state index is 0.0108. The van der Waals surface area contributed by atoms with Gasteiger partial charge >= 0.3 is 0 Å². The fraction of sp³-hybridized carbons (Fsp3) is 0.235. The summed E-state index contributed by atoms with van der Waals surface area (Å²) in [6.45, 7) is 2.21. The summed E-state index contributed by atoms with van der Waals surface area (Å²) in [6, 6.07) is 13.8. The molecule has 1 aliphatic heterocycles. The highest BCUT2D eigenvalue weighted by Crippen LogP contribution is 2.31. The summed E-state index contributed by atoms with van der Waals surface area (Å²) in [4.78, 5) is 12.2. The molecule has 4 nitrogen and oxygen atoms in total. The second kappa shape index (κ2) is 5.57. The Morgan fingerprint density at radius 3 is 2.41 bits per heavy atom. The van der Waals surface area contributed by atoms with Crippen molar-refractivity contribution in [1.82, 2.24) is 0 Å². The molecule has 0 bridgehead atoms. The van der Waals surface area contributed by atoms with Crippen molar-refractivity contribution in [3.8, 4) is 0 Å². The first-order valence-corrected chi connectivity index (χ1v) is 8.72. The van der Waals surface area contributed by atoms with E-state index < -0.39 is 10.0 Å². The van der Waals surface area contributed by atoms with Crippen molar-refractivity contribution in [2.24, 2.45) is 0 Å². The van der Waals surface area contributed by atoms with Crippen LogP contribution in [0.4, 0.5) is 5.69 Å². The van der Waals surface area contributed by atoms with Gasteiger partial charge in [-0.2, -0.15) is 0 Å². The normalized spacial score (nSPS) is 14.8. The summed E-state index contributed by atoms with van der Waals surface area (Å²) in [6.07, 6.45) is 1.07. The maximum Gasteiger partial charge on any atom is 0.264 e. The first-order chi connectivity index (χ1) is 10.5. The number of Topliss-reactive ketones (excluding diaryl/α,β-unsaturated/α-hetero) is 1. The number of anilines is 1. The van der Waals surface area contributed by atoms with Crippen molar-refractivity contribution in [3.63, 3.8) is 0 Å². The number of carbonyl (C=O) groups excluding carboxylic acids is 1. The highest BCUT2D eigenvalue weighted by atomic mass is 32.2. The summed E-state index contributed by atoms with van der Waals surface area (Å²) >= 11 is 0. The number of nitrogens with zero attached hydrogens (tertiary/aromatic N) is 1. The highest BCUT2D eigenvalue weighted by molar-refractivity contribution is 7.92. The van der Waals surface area contributed by atoms with Crippen molar-refractivity contribution >= 4 is 21.5 Å². The second-order valence-electron chi connectivity index (χ2n) is 5.27. The van der Waals surface area contributed by atoms with Gasteiger partial charge in [0.05, 0.1) is 10.6 Å². The maximum absolute atomic E-state index is 12.9. The molecule has 0 radical (unpaired) electrons. The molecular formula is C17H17NO3S. The quantitative estimate of drug-likeness (QED) is 0.875. The van der Waals surface area contributed by atoms with Gasteiger partial charge in [0, 0.05) is 18.5 Å². The second-order valence-corrected chi connectivity index (χ2v) is 7.13. The fourth-order valence-corrected chi connectivity index (χ4v) is 4.14. The number of sulfonamides is 1. The Bertz CT molecular complexity index is 810. The van der Waals surface area contributed by atoms with Gasteiger partial charge in [0.2, 0.25) is 0 Å². The van der Waals surface area contributed by atoms with E-state index in [1.807, 2.05) is 19.1 Å². The van der Waals surface area contributed by atoms with E-state index in [2.05, 4.69) is 0 Å². The average Bonchev–Trinajstić information content (AvgIpc) is 2.55. The highest BCUT2D eigenvalue weighted by Gasteiger charge is 2.31. The monoisotopic (exact) mass is 315 g/mol. The molecule has 1 aliphatic rings. The van der Waals surface area contributed by atoms with Crippen molar-refractivity contribution < 1.29 is 13.2 Å². The number of rotatable bonds is 3. The Labute approximate surface area is 130 Å². The van der Waals surface area contributed by atoms with Crippen LogP contribution in [0.2, 0.25) is 0 Å². The zero-order valence-electron chi connectivity index (χ0n) is 12.3. The first-order valence-electron chi connectivity index (χ1n) is 7.28. The van der Waals surface area contributed by atoms with E-state index in [1.54, 1.807) is 36.4 Å². The van der Waals surface area contributed by atoms with Crippen LogP contribution in [0, 0.1) is 0 Å². The molecule has 0 saturated heterocycles. The lowest BCUT2D eigenvalue weighted by Crippen LogP contribution is -2.37. The lowest BCUT2D eigenvalue weighted by atomic mass is 10.0. The third-order valence-corrected chi connectivity index (χ3v) is 5.76. The molecule has 0 aromatic heterocycles. The number of fused-ring (bicyclic) bond motifs is 1. The Morgan fingerprint density at radius 1 is 1.05 bits per heavy atom. The van der Waals surface area contributed by atoms with Gasteiger partial charge < -0.3 is 0 Å². The molecule has 0 aliphatic carbocycles. The topological polar surface area (TPSA) is 54.5 Å². The number of aryl methyl sites for hydroxylation is 1. The van der Waals surface area contributed by atoms with E-state index in [-0.39, 0.29) is 23.6 Å². The van der Waals surface area contributed by atoms with E-state index in [0.29, 0.717) is 11.3 Å². The molecule has 0 amide bonds. The average molecular weight is 315 g/mol. The minimum Gasteiger partial charge on any atom is -0.294 e. The predicted molar refractivity (Wildman–Crippen MR) is 85.7 cm³/mol. The Kier molecular flexibility index (Phi) is 3.74. The van der Waals surface area contributed by atoms with Crippen LogP contribution < -0.4 is 4.31 Å². The van der Waals surface area contributed by atoms with E-state index in [4.69, 9.17) is 0 Å². The minimum atomic E-state index is -3.64. The summed E-state index contributed by atoms with van der Waals surface area (Å²) in [5.74, 6) is -0.0108. The van der Waals surface area contributed by atoms with Crippen LogP contribution in [-0.2, 0) is 16.4 Å². The number of benzene rings is 2. The van der Waals surface area contributed by atoms with Crippen LogP contribution in [0.5, 0.6) is 0 Å². The first kappa shape index (κ1) is 14.8. The van der Waals surface area contributed by atoms with Gasteiger partial charge in [-0.1, -0.05) is 31.2 Å². The van der Waals surface area contributed by atoms with Gasteiger partial charge in [-0.05, 0) is 36.2 Å². The van der Waals surface area contributed by atoms with Crippen molar-refractivity contribution in [1.29, 1.82) is 0 Å². The van der Waals surface area contributed by atoms with Crippen LogP contribution in [-0.4, -0.2) is 20.7 Å². The molecule has 5 heteroatoms. The van der Waals surface area contributed by atoms with Crippen molar-refractivity contribution in [2.45, 2.75) is 24.7 Å². The molecule has 1 heterocycles. The van der Waals surface area contributed by atoms with Gasteiger partial charge in [-0.25, -0.2) is 8.42 Å². The van der Waals surface area contributed by atoms with Gasteiger partial charge in [-0.3, -0.25) is 9.10 Å². The lowest BCUT2D eigenvalue weighted by Gasteiger charge is -2.29. The zero-order valence-corrected chi connectivity index (χ0v) is 13.1. The molecule has 114 valence electrons. The molecule has 0 saturated carbocycles. The fourth-order valence-electron chi connectivity index (χ4n) is 2.66. The summed E-state index contributed by atoms with van der Waals surface area (Å²) in [7, 11) is -3.64. The smallest absolute Gasteiger partial charge is 0.264 e. The van der Waals surface area contributed by atoms with Gasteiger partial charge in [0.25, 0.3) is 10.0 Å². The molecule has 2 aromatic carbocycles. The van der Waals surface area contributed by atoms with E-state index >= 15 is 0 Å². The van der Waals surface area contributed by atoms with Crippen LogP contribution in [0.25, 0.3) is 0 Å². The van der Waals surface area contributed by atoms with E-state index in [0.717, 1.165) is 12.0 Å². The molecular weight excluding hydrogens is 298 g/mol. The largest absolute Gasteiger partial charge is 0.294 e. The molecule has 2 aromatic rings. The van der Waals surface area contributed by atoms with Crippen LogP contribution in [0.1, 0.15) is 29.3 Å². The maximum atomic E-state index is 12.9. The van der Waals surface area contributed by atoms with E-state index in [1.165, 1.54) is 4.31 Å². The number of ketones is 1. The molecule has 0 N–H and O–H groups in total. The number of hydrogen-bond donors (Lipinski definition) is 0. The molecule has 3 rings (SSSR count). The van der Waals surface area contributed by atoms with Crippen LogP contribution >= 0.6 is 0 Å². The Hall–Kier alpha value is -2.14. The Balaban J connectivity index is 2.06. The van der Waals surface area contributed by atoms with Crippen molar-refractivity contribution in [2.75, 3.05) is 10.8 Å². The lowest BCUT2D eigenvalue weighted by molar-refractivity contribution is 0.0982. The number of carbonyl (C=O) groups is 1. The standard InChI is InChI=1S/C17H17NO3S/c1-2-13-7-9-14(10-8-13)22(20,21)18-12-11-17(19)15-5-3-4-6-16(15)18/h3-10H,2,11-12H2,1H3. The summed E-state index contributed by atoms with van der Waals surface area (Å²) in [5, 5.41) is 0. The third kappa shape index (κ3) is 2.41. The third-order valence-electron chi connectivity index (χ3n) is 3.93. The van der Waals surface area contributed by atoms with Crippen LogP contribution in [0.15, 0.2) is 53.4 Å². The van der Waals surface area contributed by atoms with Gasteiger partial charge in [-0.15, -0.1) is 0 Å². The van der Waals surface area contributed by atoms with Crippen LogP contribution in [0.3, 0.4) is 0 Å². The molecule has 22 heavy (non-hydrogen) atoms. The summed E-state index contributed by atoms with van der Waals surface area (Å²) in [5.41, 5.74) is 2.04. The molecule has 0 atom stereocenters. The van der Waals surface area contributed by atoms with Gasteiger partial charge in [0.1, 0.15) is 0 Å². The predicted octanol–water partition coefficient (Wildman–Crippen LogP) is 3.03. The summed E-state index contributed by atoms with van der Waals surface area (Å²) < 4.78 is 27.1. The van der Waals surface area contributed by atoms with E-state index in [9.17, 15) is 13.2 Å². The molecule has 0 unspecified atom stereocenters. The molecule has 0 spiro atoms. The Morgan fingerprint density at radius 2 is 1.73 bits per heavy atom. The number of para-hydroxylation sites is 1. The zero-order chi connectivity index (χ0) is 15.7. The molecule has 0 fully saturated rings.